The molecule has 2 amide bonds. The van der Waals surface area contributed by atoms with E-state index in [1.54, 1.807) is 48.2 Å². The molecule has 1 heterocycles. The average Bonchev–Trinajstić information content (AvgIpc) is 3.32. The van der Waals surface area contributed by atoms with Crippen LogP contribution in [-0.4, -0.2) is 39.9 Å². The Hall–Kier alpha value is -3.69. The van der Waals surface area contributed by atoms with E-state index in [4.69, 9.17) is 4.74 Å². The molecule has 3 aromatic rings. The van der Waals surface area contributed by atoms with Crippen molar-refractivity contribution < 1.29 is 22.7 Å². The average molecular weight is 508 g/mol. The van der Waals surface area contributed by atoms with E-state index < -0.39 is 22.0 Å². The van der Waals surface area contributed by atoms with Gasteiger partial charge in [0.25, 0.3) is 0 Å². The third kappa shape index (κ3) is 5.58. The Morgan fingerprint density at radius 3 is 2.47 bits per heavy atom. The minimum atomic E-state index is -4.04. The topological polar surface area (TPSA) is 105 Å². The van der Waals surface area contributed by atoms with Crippen molar-refractivity contribution in [3.63, 3.8) is 0 Å². The number of rotatable bonds is 9. The number of carbonyl (C=O) groups is 2. The largest absolute Gasteiger partial charge is 0.495 e. The Labute approximate surface area is 211 Å². The van der Waals surface area contributed by atoms with Crippen LogP contribution in [0.1, 0.15) is 24.5 Å². The highest BCUT2D eigenvalue weighted by Gasteiger charge is 2.29. The van der Waals surface area contributed by atoms with Gasteiger partial charge >= 0.3 is 0 Å². The third-order valence-corrected chi connectivity index (χ3v) is 7.59. The lowest BCUT2D eigenvalue weighted by atomic mass is 10.1. The van der Waals surface area contributed by atoms with E-state index in [0.717, 1.165) is 16.8 Å². The van der Waals surface area contributed by atoms with Crippen molar-refractivity contribution in [2.45, 2.75) is 37.1 Å². The first-order valence-electron chi connectivity index (χ1n) is 11.8. The predicted molar refractivity (Wildman–Crippen MR) is 139 cm³/mol. The van der Waals surface area contributed by atoms with E-state index in [2.05, 4.69) is 10.0 Å². The van der Waals surface area contributed by atoms with Crippen LogP contribution in [0, 0.1) is 0 Å². The SMILES string of the molecule is CCC(=O)N1CCc2cc(S(=O)(=O)N[C@H](Cc3ccccc3)C(=O)Nc3ccccc3OC)ccc21. The summed E-state index contributed by atoms with van der Waals surface area (Å²) in [6.45, 7) is 2.32. The lowest BCUT2D eigenvalue weighted by Gasteiger charge is -2.20. The quantitative estimate of drug-likeness (QED) is 0.461. The molecule has 0 fully saturated rings. The minimum absolute atomic E-state index is 0.00146. The van der Waals surface area contributed by atoms with Crippen molar-refractivity contribution in [3.8, 4) is 5.75 Å². The van der Waals surface area contributed by atoms with Crippen LogP contribution in [0.15, 0.2) is 77.7 Å². The molecule has 0 radical (unpaired) electrons. The summed E-state index contributed by atoms with van der Waals surface area (Å²) >= 11 is 0. The maximum atomic E-state index is 13.4. The first kappa shape index (κ1) is 25.4. The van der Waals surface area contributed by atoms with Crippen molar-refractivity contribution in [2.75, 3.05) is 23.9 Å². The molecule has 0 unspecified atom stereocenters. The molecule has 8 nitrogen and oxygen atoms in total. The van der Waals surface area contributed by atoms with Crippen LogP contribution in [0.4, 0.5) is 11.4 Å². The molecule has 1 aliphatic heterocycles. The molecule has 0 bridgehead atoms. The van der Waals surface area contributed by atoms with E-state index in [1.165, 1.54) is 13.2 Å². The lowest BCUT2D eigenvalue weighted by Crippen LogP contribution is -2.45. The fourth-order valence-corrected chi connectivity index (χ4v) is 5.50. The van der Waals surface area contributed by atoms with Gasteiger partial charge in [0.05, 0.1) is 17.7 Å². The van der Waals surface area contributed by atoms with Crippen molar-refractivity contribution in [3.05, 3.63) is 83.9 Å². The third-order valence-electron chi connectivity index (χ3n) is 6.12. The van der Waals surface area contributed by atoms with Gasteiger partial charge in [0.1, 0.15) is 11.8 Å². The van der Waals surface area contributed by atoms with Crippen LogP contribution in [-0.2, 0) is 32.5 Å². The van der Waals surface area contributed by atoms with Crippen molar-refractivity contribution in [1.29, 1.82) is 0 Å². The van der Waals surface area contributed by atoms with Crippen LogP contribution in [0.2, 0.25) is 0 Å². The number of methoxy groups -OCH3 is 1. The minimum Gasteiger partial charge on any atom is -0.495 e. The Balaban J connectivity index is 1.60. The maximum Gasteiger partial charge on any atom is 0.243 e. The predicted octanol–water partition coefficient (Wildman–Crippen LogP) is 3.52. The summed E-state index contributed by atoms with van der Waals surface area (Å²) in [5.74, 6) is -0.0387. The molecule has 0 spiro atoms. The molecule has 188 valence electrons. The van der Waals surface area contributed by atoms with E-state index in [1.807, 2.05) is 30.3 Å². The number of ether oxygens (including phenoxy) is 1. The van der Waals surface area contributed by atoms with Gasteiger partial charge in [-0.05, 0) is 54.3 Å². The lowest BCUT2D eigenvalue weighted by molar-refractivity contribution is -0.118. The van der Waals surface area contributed by atoms with Crippen LogP contribution in [0.25, 0.3) is 0 Å². The molecule has 1 atom stereocenters. The molecular formula is C27H29N3O5S. The zero-order valence-electron chi connectivity index (χ0n) is 20.2. The van der Waals surface area contributed by atoms with Crippen LogP contribution < -0.4 is 19.7 Å². The number of benzene rings is 3. The number of nitrogens with one attached hydrogen (secondary N) is 2. The molecule has 0 aliphatic carbocycles. The summed E-state index contributed by atoms with van der Waals surface area (Å²) in [4.78, 5) is 27.2. The summed E-state index contributed by atoms with van der Waals surface area (Å²) in [5, 5.41) is 2.79. The van der Waals surface area contributed by atoms with Crippen molar-refractivity contribution in [1.82, 2.24) is 4.72 Å². The van der Waals surface area contributed by atoms with Gasteiger partial charge < -0.3 is 15.0 Å². The normalized spacial score (nSPS) is 13.7. The number of hydrogen-bond donors (Lipinski definition) is 2. The monoisotopic (exact) mass is 507 g/mol. The zero-order chi connectivity index (χ0) is 25.7. The molecule has 2 N–H and O–H groups in total. The first-order valence-corrected chi connectivity index (χ1v) is 13.2. The zero-order valence-corrected chi connectivity index (χ0v) is 21.0. The summed E-state index contributed by atoms with van der Waals surface area (Å²) in [5.41, 5.74) is 2.77. The van der Waals surface area contributed by atoms with Gasteiger partial charge in [0.15, 0.2) is 0 Å². The Bertz CT molecular complexity index is 1360. The molecule has 1 aliphatic rings. The van der Waals surface area contributed by atoms with Gasteiger partial charge in [-0.25, -0.2) is 8.42 Å². The highest BCUT2D eigenvalue weighted by Crippen LogP contribution is 2.31. The molecular weight excluding hydrogens is 478 g/mol. The van der Waals surface area contributed by atoms with Crippen molar-refractivity contribution in [2.24, 2.45) is 0 Å². The number of amides is 2. The maximum absolute atomic E-state index is 13.4. The number of fused-ring (bicyclic) bond motifs is 1. The summed E-state index contributed by atoms with van der Waals surface area (Å²) in [7, 11) is -2.54. The Kier molecular flexibility index (Phi) is 7.71. The first-order chi connectivity index (χ1) is 17.3. The number of anilines is 2. The standard InChI is InChI=1S/C27H29N3O5S/c1-3-26(31)30-16-15-20-18-21(13-14-24(20)30)36(33,34)29-23(17-19-9-5-4-6-10-19)27(32)28-22-11-7-8-12-25(22)35-2/h4-14,18,23,29H,3,15-17H2,1-2H3,(H,28,32)/t23-/m1/s1. The molecule has 0 saturated carbocycles. The number of sulfonamides is 1. The van der Waals surface area contributed by atoms with Crippen LogP contribution >= 0.6 is 0 Å². The van der Waals surface area contributed by atoms with Gasteiger partial charge in [0, 0.05) is 18.7 Å². The molecule has 9 heteroatoms. The number of nitrogens with zero attached hydrogens (tertiary/aromatic N) is 1. The van der Waals surface area contributed by atoms with E-state index >= 15 is 0 Å². The summed E-state index contributed by atoms with van der Waals surface area (Å²) in [6, 6.07) is 19.8. The van der Waals surface area contributed by atoms with Gasteiger partial charge in [-0.1, -0.05) is 49.4 Å². The van der Waals surface area contributed by atoms with E-state index in [9.17, 15) is 18.0 Å². The molecule has 0 aromatic heterocycles. The highest BCUT2D eigenvalue weighted by atomic mass is 32.2. The highest BCUT2D eigenvalue weighted by molar-refractivity contribution is 7.89. The Morgan fingerprint density at radius 2 is 1.75 bits per heavy atom. The fraction of sp³-hybridized carbons (Fsp3) is 0.259. The van der Waals surface area contributed by atoms with Gasteiger partial charge in [-0.3, -0.25) is 9.59 Å². The summed E-state index contributed by atoms with van der Waals surface area (Å²) < 4.78 is 34.7. The number of hydrogen-bond acceptors (Lipinski definition) is 5. The Morgan fingerprint density at radius 1 is 1.03 bits per heavy atom. The number of carbonyl (C=O) groups excluding carboxylic acids is 2. The second-order valence-electron chi connectivity index (χ2n) is 8.49. The van der Waals surface area contributed by atoms with Crippen LogP contribution in [0.5, 0.6) is 5.75 Å². The molecule has 3 aromatic carbocycles. The number of para-hydroxylation sites is 2. The molecule has 36 heavy (non-hydrogen) atoms. The van der Waals surface area contributed by atoms with Gasteiger partial charge in [-0.2, -0.15) is 4.72 Å². The second-order valence-corrected chi connectivity index (χ2v) is 10.2. The smallest absolute Gasteiger partial charge is 0.243 e. The van der Waals surface area contributed by atoms with Crippen LogP contribution in [0.3, 0.4) is 0 Å². The van der Waals surface area contributed by atoms with Crippen molar-refractivity contribution >= 4 is 33.2 Å². The van der Waals surface area contributed by atoms with Gasteiger partial charge in [-0.15, -0.1) is 0 Å². The van der Waals surface area contributed by atoms with Gasteiger partial charge in [0.2, 0.25) is 21.8 Å². The van der Waals surface area contributed by atoms with E-state index in [-0.39, 0.29) is 17.2 Å². The fourth-order valence-electron chi connectivity index (χ4n) is 4.26. The molecule has 0 saturated heterocycles. The second kappa shape index (κ2) is 10.9. The molecule has 4 rings (SSSR count). The van der Waals surface area contributed by atoms with E-state index in [0.29, 0.717) is 30.8 Å². The summed E-state index contributed by atoms with van der Waals surface area (Å²) in [6.07, 6.45) is 1.11.